The van der Waals surface area contributed by atoms with Crippen LogP contribution in [0.3, 0.4) is 0 Å². The number of unbranched alkanes of at least 4 members (excludes halogenated alkanes) is 9. The fourth-order valence-electron chi connectivity index (χ4n) is 8.87. The number of hydrogen-bond acceptors (Lipinski definition) is 10. The highest BCUT2D eigenvalue weighted by Gasteiger charge is 2.71. The maximum atomic E-state index is 13.5. The summed E-state index contributed by atoms with van der Waals surface area (Å²) in [5.74, 6) is 0.543. The Balaban J connectivity index is 5.25. The Hall–Kier alpha value is 1.34. The van der Waals surface area contributed by atoms with Gasteiger partial charge in [0.2, 0.25) is 0 Å². The lowest BCUT2D eigenvalue weighted by Gasteiger charge is -2.69. The van der Waals surface area contributed by atoms with Gasteiger partial charge < -0.3 is 43.4 Å². The van der Waals surface area contributed by atoms with Crippen LogP contribution in [0.1, 0.15) is 188 Å². The highest BCUT2D eigenvalue weighted by molar-refractivity contribution is 6.50. The van der Waals surface area contributed by atoms with E-state index in [0.717, 1.165) is 0 Å². The predicted octanol–water partition coefficient (Wildman–Crippen LogP) is 4.69. The van der Waals surface area contributed by atoms with E-state index >= 15 is 0 Å². The monoisotopic (exact) mass is 963 g/mol. The zero-order chi connectivity index (χ0) is 44.8. The molecule has 0 fully saturated rings. The minimum Gasteiger partial charge on any atom is -0.446 e. The van der Waals surface area contributed by atoms with Gasteiger partial charge in [-0.15, -0.1) is 0 Å². The molecule has 0 aromatic heterocycles. The summed E-state index contributed by atoms with van der Waals surface area (Å²) in [5.41, 5.74) is -3.29. The second-order valence-electron chi connectivity index (χ2n) is 20.2. The van der Waals surface area contributed by atoms with Crippen LogP contribution in [0.25, 0.3) is 0 Å². The van der Waals surface area contributed by atoms with Gasteiger partial charge in [-0.1, -0.05) is 167 Å². The van der Waals surface area contributed by atoms with E-state index in [-0.39, 0.29) is 16.2 Å². The smallest absolute Gasteiger partial charge is 0.286 e. The number of aliphatic hydroxyl groups is 1. The molecule has 3 unspecified atom stereocenters. The third-order valence-electron chi connectivity index (χ3n) is 16.4. The first-order valence-electron chi connectivity index (χ1n) is 22.8. The number of methoxy groups -OCH3 is 2. The molecule has 0 rings (SSSR count). The van der Waals surface area contributed by atoms with Crippen molar-refractivity contribution in [2.75, 3.05) is 14.2 Å². The predicted molar refractivity (Wildman–Crippen MR) is 267 cm³/mol. The third kappa shape index (κ3) is 15.8. The minimum absolute atomic E-state index is 0.0342. The van der Waals surface area contributed by atoms with E-state index < -0.39 is 107 Å². The van der Waals surface area contributed by atoms with Gasteiger partial charge in [-0.25, -0.2) is 0 Å². The molecule has 350 valence electrons. The Bertz CT molecular complexity index is 1070. The van der Waals surface area contributed by atoms with Gasteiger partial charge in [-0.3, -0.25) is 0 Å². The van der Waals surface area contributed by atoms with Crippen molar-refractivity contribution < 1.29 is 43.4 Å². The Morgan fingerprint density at radius 1 is 0.466 bits per heavy atom. The van der Waals surface area contributed by atoms with Crippen LogP contribution in [0.5, 0.6) is 0 Å². The molecule has 0 aliphatic heterocycles. The van der Waals surface area contributed by atoms with Gasteiger partial charge in [-0.2, -0.15) is 0 Å². The molecule has 0 spiro atoms. The molecule has 0 aromatic rings. The Morgan fingerprint density at radius 3 is 1.31 bits per heavy atom. The molecule has 3 atom stereocenters. The van der Waals surface area contributed by atoms with Crippen LogP contribution < -0.4 is 0 Å². The molecule has 1 N–H and O–H groups in total. The first-order valence-corrected chi connectivity index (χ1v) is 32.6. The molecule has 0 bridgehead atoms. The van der Waals surface area contributed by atoms with Crippen molar-refractivity contribution in [3.05, 3.63) is 0 Å². The molecule has 0 heterocycles. The van der Waals surface area contributed by atoms with E-state index in [0.29, 0.717) is 5.92 Å². The molecule has 0 aliphatic carbocycles. The van der Waals surface area contributed by atoms with Crippen molar-refractivity contribution in [3.8, 4) is 0 Å². The largest absolute Gasteiger partial charge is 0.446 e. The quantitative estimate of drug-likeness (QED) is 0.0694. The topological polar surface area (TPSA) is 103 Å². The molecule has 58 heavy (non-hydrogen) atoms. The van der Waals surface area contributed by atoms with Crippen LogP contribution in [0.15, 0.2) is 0 Å². The Labute approximate surface area is 378 Å². The summed E-state index contributed by atoms with van der Waals surface area (Å²) >= 11 is 0. The number of rotatable bonds is 38. The van der Waals surface area contributed by atoms with Gasteiger partial charge in [0.1, 0.15) is 20.6 Å². The zero-order valence-electron chi connectivity index (χ0n) is 41.5. The molecular weight excluding hydrogens is 865 g/mol. The second-order valence-corrected chi connectivity index (χ2v) is 35.5. The van der Waals surface area contributed by atoms with E-state index in [9.17, 15) is 5.11 Å². The van der Waals surface area contributed by atoms with Gasteiger partial charge in [0.05, 0.1) is 5.60 Å². The summed E-state index contributed by atoms with van der Waals surface area (Å²) in [4.78, 5) is 0. The van der Waals surface area contributed by atoms with Crippen LogP contribution >= 0.6 is 0 Å². The van der Waals surface area contributed by atoms with Crippen molar-refractivity contribution in [2.24, 2.45) is 33.0 Å². The van der Waals surface area contributed by atoms with Gasteiger partial charge in [0.15, 0.2) is 9.76 Å². The lowest BCUT2D eigenvalue weighted by atomic mass is 9.39. The molecule has 10 nitrogen and oxygen atoms in total. The van der Waals surface area contributed by atoms with Gasteiger partial charge in [0.25, 0.3) is 60.0 Å². The zero-order valence-corrected chi connectivity index (χ0v) is 52.9. The van der Waals surface area contributed by atoms with Crippen LogP contribution in [-0.2, 0) is 38.3 Å². The summed E-state index contributed by atoms with van der Waals surface area (Å²) in [6.45, 7) is 36.8. The van der Waals surface area contributed by atoms with E-state index in [1.807, 2.05) is 20.8 Å². The average Bonchev–Trinajstić information content (AvgIpc) is 3.17. The molecule has 0 saturated heterocycles. The highest BCUT2D eigenvalue weighted by atomic mass is 28.4. The molecule has 0 saturated carbocycles. The molecule has 0 amide bonds. The van der Waals surface area contributed by atoms with Crippen molar-refractivity contribution in [1.82, 2.24) is 0 Å². The molecular formula is C40H98O10Si8. The third-order valence-corrected chi connectivity index (χ3v) is 29.1. The van der Waals surface area contributed by atoms with Gasteiger partial charge in [0, 0.05) is 19.6 Å². The van der Waals surface area contributed by atoms with Gasteiger partial charge in [-0.05, 0) is 54.4 Å². The first-order chi connectivity index (χ1) is 26.9. The second kappa shape index (κ2) is 28.3. The summed E-state index contributed by atoms with van der Waals surface area (Å²) < 4.78 is 54.0. The summed E-state index contributed by atoms with van der Waals surface area (Å²) in [7, 11) is -5.44. The van der Waals surface area contributed by atoms with Crippen molar-refractivity contribution in [1.29, 1.82) is 0 Å². The average molecular weight is 964 g/mol. The Morgan fingerprint density at radius 2 is 0.862 bits per heavy atom. The maximum Gasteiger partial charge on any atom is 0.286 e. The summed E-state index contributed by atoms with van der Waals surface area (Å²) in [6, 6.07) is 1.26. The van der Waals surface area contributed by atoms with Crippen molar-refractivity contribution in [2.45, 2.75) is 210 Å². The van der Waals surface area contributed by atoms with Crippen LogP contribution in [0.4, 0.5) is 0 Å². The molecule has 0 aliphatic rings. The lowest BCUT2D eigenvalue weighted by molar-refractivity contribution is -0.282. The number of ether oxygens (including phenoxy) is 2. The normalized spacial score (nSPS) is 18.1. The van der Waals surface area contributed by atoms with E-state index in [2.05, 4.69) is 90.0 Å². The molecule has 0 aromatic carbocycles. The van der Waals surface area contributed by atoms with Crippen LogP contribution in [-0.4, -0.2) is 115 Å². The van der Waals surface area contributed by atoms with Crippen LogP contribution in [0.2, 0.25) is 6.04 Å². The fourth-order valence-corrected chi connectivity index (χ4v) is 24.4. The van der Waals surface area contributed by atoms with Crippen molar-refractivity contribution >= 4 is 79.6 Å². The summed E-state index contributed by atoms with van der Waals surface area (Å²) in [6.07, 6.45) is 15.9. The molecule has 0 radical (unpaired) electrons. The van der Waals surface area contributed by atoms with Crippen LogP contribution in [0, 0.1) is 33.0 Å². The lowest BCUT2D eigenvalue weighted by Crippen LogP contribution is -2.77. The van der Waals surface area contributed by atoms with Gasteiger partial charge >= 0.3 is 0 Å². The first kappa shape index (κ1) is 59.3. The standard InChI is InChI=1S/C40H98O10Si8/c1-19-21-23-24-25-26-27-29-31-51-44-53-46-55-48-57-50-58-49-56-47-54-45-52-40(41,39(16,43-18)38(14,15)42-17)37(12,13)36(10,11)35(8,9)34(6,7)33(4,5)32(3)30-28-22-20-2/h32,41H,19-31,51-58H2,1-18H3. The van der Waals surface area contributed by atoms with E-state index in [1.54, 1.807) is 14.2 Å². The van der Waals surface area contributed by atoms with E-state index in [4.69, 9.17) is 38.3 Å². The van der Waals surface area contributed by atoms with Crippen molar-refractivity contribution in [3.63, 3.8) is 0 Å². The van der Waals surface area contributed by atoms with E-state index in [1.165, 1.54) is 83.1 Å². The SMILES string of the molecule is CCCCCCCCCC[SiH2]O[SiH2]O[SiH2]O[SiH2]O[SiH2]O[SiH2]O[SiH2]O[SiH2]C(O)(C(C)(C)C(C)(C)C(C)(C)C(C)(C)C(C)(C)C(C)CCCCC)C(C)(OC)C(C)(C)OC. The summed E-state index contributed by atoms with van der Waals surface area (Å²) in [5, 5.41) is 12.1. The fraction of sp³-hybridized carbons (Fsp3) is 1.00. The molecule has 18 heteroatoms. The maximum absolute atomic E-state index is 13.5. The number of hydrogen-bond donors (Lipinski definition) is 1. The minimum atomic E-state index is -1.69. The highest BCUT2D eigenvalue weighted by Crippen LogP contribution is 2.68. The Kier molecular flexibility index (Phi) is 28.9.